The van der Waals surface area contributed by atoms with Crippen molar-refractivity contribution in [2.24, 2.45) is 39.4 Å². The lowest BCUT2D eigenvalue weighted by Crippen LogP contribution is -2.66. The number of rotatable bonds is 15. The average molecular weight is 1130 g/mol. The molecule has 79 heavy (non-hydrogen) atoms. The van der Waals surface area contributed by atoms with Crippen LogP contribution in [0.15, 0.2) is 23.8 Å². The second kappa shape index (κ2) is 22.6. The highest BCUT2D eigenvalue weighted by Gasteiger charge is 2.79. The Morgan fingerprint density at radius 1 is 0.734 bits per heavy atom. The third kappa shape index (κ3) is 10.5. The van der Waals surface area contributed by atoms with Gasteiger partial charge < -0.3 is 108 Å². The summed E-state index contributed by atoms with van der Waals surface area (Å²) in [7, 11) is 1.21. The van der Waals surface area contributed by atoms with E-state index in [9.17, 15) is 65.8 Å². The number of methoxy groups -OCH3 is 1. The first kappa shape index (κ1) is 61.2. The SMILES string of the molecule is CO[C@@H]1[C@@H](O)[C@H](O[C@@H]2[C@@H](O)[C@H](O[C@H]3[C@H](O)[C@@H](O)[C@H](O[C@H]4[C@H](OC5CC[C@]6(C)C(CC=C7[C@H]6CCC68C(=O)O[C@@](C)(C/C=C/C(C)(C)O)C6C(OC(C)=O)C[C@@]78C)C5(C)C)OC[C@@H](O)[C@@H]4O)O[C@@H]3CO)OC[C@H]2O)O[C@H](CO)[C@H]1O. The van der Waals surface area contributed by atoms with E-state index in [0.29, 0.717) is 44.9 Å². The summed E-state index contributed by atoms with van der Waals surface area (Å²) in [5, 5.41) is 120. The number of aliphatic hydroxyl groups is 11. The second-order valence-corrected chi connectivity index (χ2v) is 25.6. The molecule has 11 N–H and O–H groups in total. The monoisotopic (exact) mass is 1130 g/mol. The van der Waals surface area contributed by atoms with E-state index < -0.39 is 182 Å². The van der Waals surface area contributed by atoms with Crippen molar-refractivity contribution >= 4 is 11.9 Å². The lowest BCUT2D eigenvalue weighted by atomic mass is 9.41. The molecule has 9 aliphatic rings. The molecule has 5 aliphatic heterocycles. The normalized spacial score (nSPS) is 50.7. The Labute approximate surface area is 459 Å². The fourth-order valence-corrected chi connectivity index (χ4v) is 16.0. The van der Waals surface area contributed by atoms with E-state index in [4.69, 9.17) is 52.1 Å². The molecule has 4 aliphatic carbocycles. The van der Waals surface area contributed by atoms with E-state index in [-0.39, 0.29) is 29.8 Å². The van der Waals surface area contributed by atoms with Crippen LogP contribution in [0.2, 0.25) is 0 Å². The minimum absolute atomic E-state index is 0.0263. The van der Waals surface area contributed by atoms with E-state index in [0.717, 1.165) is 0 Å². The van der Waals surface area contributed by atoms with Crippen molar-refractivity contribution in [3.05, 3.63) is 23.8 Å². The highest BCUT2D eigenvalue weighted by atomic mass is 16.8. The molecule has 8 fully saturated rings. The van der Waals surface area contributed by atoms with Gasteiger partial charge in [0.2, 0.25) is 0 Å². The maximum atomic E-state index is 14.6. The molecule has 450 valence electrons. The van der Waals surface area contributed by atoms with Gasteiger partial charge in [0.25, 0.3) is 0 Å². The van der Waals surface area contributed by atoms with Crippen LogP contribution in [0.1, 0.15) is 100 Å². The molecule has 0 aromatic rings. The Balaban J connectivity index is 0.887. The van der Waals surface area contributed by atoms with Gasteiger partial charge in [-0.2, -0.15) is 0 Å². The van der Waals surface area contributed by atoms with Crippen molar-refractivity contribution in [1.29, 1.82) is 0 Å². The number of carbonyl (C=O) groups is 2. The summed E-state index contributed by atoms with van der Waals surface area (Å²) < 4.78 is 65.5. The molecule has 0 bridgehead atoms. The van der Waals surface area contributed by atoms with Crippen molar-refractivity contribution in [2.75, 3.05) is 33.5 Å². The van der Waals surface area contributed by atoms with Gasteiger partial charge in [-0.05, 0) is 82.0 Å². The zero-order valence-electron chi connectivity index (χ0n) is 46.5. The summed E-state index contributed by atoms with van der Waals surface area (Å²) >= 11 is 0. The van der Waals surface area contributed by atoms with E-state index in [2.05, 4.69) is 33.8 Å². The van der Waals surface area contributed by atoms with Gasteiger partial charge in [-0.3, -0.25) is 9.59 Å². The molecule has 3 saturated carbocycles. The Hall–Kier alpha value is -2.38. The molecule has 5 saturated heterocycles. The van der Waals surface area contributed by atoms with Crippen molar-refractivity contribution < 1.29 is 118 Å². The molecule has 5 heterocycles. The molecule has 27 atom stereocenters. The molecule has 0 radical (unpaired) electrons. The van der Waals surface area contributed by atoms with Gasteiger partial charge in [-0.15, -0.1) is 0 Å². The van der Waals surface area contributed by atoms with Crippen molar-refractivity contribution in [1.82, 2.24) is 0 Å². The Bertz CT molecular complexity index is 2240. The first-order valence-corrected chi connectivity index (χ1v) is 27.9. The van der Waals surface area contributed by atoms with Gasteiger partial charge in [-0.25, -0.2) is 0 Å². The summed E-state index contributed by atoms with van der Waals surface area (Å²) in [6.45, 7) is 12.9. The number of hydrogen-bond acceptors (Lipinski definition) is 24. The van der Waals surface area contributed by atoms with Crippen LogP contribution >= 0.6 is 0 Å². The molecule has 24 nitrogen and oxygen atoms in total. The zero-order valence-corrected chi connectivity index (χ0v) is 46.5. The number of fused-ring (bicyclic) bond motifs is 4. The lowest BCUT2D eigenvalue weighted by Gasteiger charge is -2.63. The van der Waals surface area contributed by atoms with Crippen molar-refractivity contribution in [3.63, 3.8) is 0 Å². The van der Waals surface area contributed by atoms with Crippen LogP contribution in [0.5, 0.6) is 0 Å². The highest BCUT2D eigenvalue weighted by molar-refractivity contribution is 5.84. The number of ether oxygens (including phenoxy) is 11. The van der Waals surface area contributed by atoms with Gasteiger partial charge in [0.1, 0.15) is 97.2 Å². The summed E-state index contributed by atoms with van der Waals surface area (Å²) in [5.74, 6) is -1.08. The Morgan fingerprint density at radius 2 is 1.35 bits per heavy atom. The van der Waals surface area contributed by atoms with Crippen LogP contribution in [0.4, 0.5) is 0 Å². The van der Waals surface area contributed by atoms with E-state index in [1.807, 2.05) is 13.0 Å². The van der Waals surface area contributed by atoms with Crippen LogP contribution in [-0.2, 0) is 61.7 Å². The summed E-state index contributed by atoms with van der Waals surface area (Å²) in [6, 6.07) is 0. The predicted octanol–water partition coefficient (Wildman–Crippen LogP) is -1.26. The third-order valence-corrected chi connectivity index (χ3v) is 19.8. The lowest BCUT2D eigenvalue weighted by molar-refractivity contribution is -0.385. The summed E-state index contributed by atoms with van der Waals surface area (Å²) in [6.07, 6.45) is -20.2. The van der Waals surface area contributed by atoms with E-state index in [1.54, 1.807) is 19.9 Å². The molecular formula is C55H86O24. The maximum absolute atomic E-state index is 14.6. The minimum Gasteiger partial charge on any atom is -0.462 e. The minimum atomic E-state index is -1.96. The van der Waals surface area contributed by atoms with Crippen LogP contribution in [-0.4, -0.2) is 236 Å². The van der Waals surface area contributed by atoms with Crippen LogP contribution in [0.3, 0.4) is 0 Å². The van der Waals surface area contributed by atoms with Crippen molar-refractivity contribution in [2.45, 2.75) is 234 Å². The molecular weight excluding hydrogens is 1040 g/mol. The predicted molar refractivity (Wildman–Crippen MR) is 268 cm³/mol. The van der Waals surface area contributed by atoms with Crippen molar-refractivity contribution in [3.8, 4) is 0 Å². The average Bonchev–Trinajstić information content (AvgIpc) is 2.39. The van der Waals surface area contributed by atoms with E-state index in [1.165, 1.54) is 19.6 Å². The maximum Gasteiger partial charge on any atom is 0.314 e. The quantitative estimate of drug-likeness (QED) is 0.0673. The first-order valence-electron chi connectivity index (χ1n) is 27.9. The van der Waals surface area contributed by atoms with Crippen LogP contribution in [0.25, 0.3) is 0 Å². The molecule has 5 unspecified atom stereocenters. The number of allylic oxidation sites excluding steroid dienone is 2. The summed E-state index contributed by atoms with van der Waals surface area (Å²) in [4.78, 5) is 27.4. The molecule has 0 aromatic heterocycles. The van der Waals surface area contributed by atoms with Gasteiger partial charge >= 0.3 is 11.9 Å². The second-order valence-electron chi connectivity index (χ2n) is 25.6. The van der Waals surface area contributed by atoms with E-state index >= 15 is 0 Å². The molecule has 0 amide bonds. The van der Waals surface area contributed by atoms with Gasteiger partial charge in [0.05, 0.1) is 49.5 Å². The molecule has 24 heteroatoms. The van der Waals surface area contributed by atoms with Gasteiger partial charge in [0.15, 0.2) is 25.2 Å². The number of esters is 2. The fraction of sp³-hybridized carbons (Fsp3) is 0.891. The van der Waals surface area contributed by atoms with Crippen LogP contribution in [0, 0.1) is 39.4 Å². The molecule has 9 rings (SSSR count). The number of hydrogen-bond donors (Lipinski definition) is 11. The zero-order chi connectivity index (χ0) is 57.7. The number of carbonyl (C=O) groups excluding carboxylic acids is 2. The standard InChI is InChI=1S/C55H86O24/c1-24(58)72-29-19-53(7)26-11-12-32-51(4,5)33(14-17-52(32,6)25(26)13-18-55(53)44(29)54(8,79-49(55)67)16-10-15-50(2,3)68)75-48-43(34(61)27(59)22-71-48)78-46-37(64)36(63)41(31(21-57)74-46)77-45-38(65)40(28(60)23-70-45)76-47-39(66)42(69-9)35(62)30(20-56)73-47/h10-11,15,25,27-48,56-57,59-66,68H,12-14,16-23H2,1-9H3/b15-10+/t25-,27-,28-,29?,30-,31-,32?,33?,34+,35-,36-,37-,38-,39-,40+,41-,42+,43-,44?,45+,46+,47+,48+,52+,53+,54+,55?/m1/s1. The number of cyclic esters (lactones) is 1. The van der Waals surface area contributed by atoms with Gasteiger partial charge in [0, 0.05) is 25.9 Å². The first-order chi connectivity index (χ1) is 37.0. The number of aliphatic hydroxyl groups excluding tert-OH is 10. The van der Waals surface area contributed by atoms with Gasteiger partial charge in [-0.1, -0.05) is 51.5 Å². The fourth-order valence-electron chi connectivity index (χ4n) is 16.0. The summed E-state index contributed by atoms with van der Waals surface area (Å²) in [5.41, 5.74) is -3.41. The Kier molecular flexibility index (Phi) is 17.5. The van der Waals surface area contributed by atoms with Crippen LogP contribution < -0.4 is 0 Å². The topological polar surface area (TPSA) is 358 Å². The smallest absolute Gasteiger partial charge is 0.314 e. The largest absolute Gasteiger partial charge is 0.462 e. The highest BCUT2D eigenvalue weighted by Crippen LogP contribution is 2.76. The third-order valence-electron chi connectivity index (χ3n) is 19.8. The molecule has 0 aromatic carbocycles. The Morgan fingerprint density at radius 3 is 2.01 bits per heavy atom. The molecule has 1 spiro atoms.